The lowest BCUT2D eigenvalue weighted by atomic mass is 10.2. The summed E-state index contributed by atoms with van der Waals surface area (Å²) in [5, 5.41) is 0.430. The zero-order valence-electron chi connectivity index (χ0n) is 15.7. The molecule has 0 aliphatic carbocycles. The molecule has 0 spiro atoms. The summed E-state index contributed by atoms with van der Waals surface area (Å²) in [5.74, 6) is 0.448. The molecule has 28 heavy (non-hydrogen) atoms. The van der Waals surface area contributed by atoms with Crippen LogP contribution in [0.5, 0.6) is 0 Å². The van der Waals surface area contributed by atoms with Gasteiger partial charge in [-0.05, 0) is 17.7 Å². The number of carbonyl (C=O) groups is 2. The molecule has 0 radical (unpaired) electrons. The second-order valence-electron chi connectivity index (χ2n) is 6.88. The molecule has 0 aromatic heterocycles. The van der Waals surface area contributed by atoms with Crippen LogP contribution in [0.4, 0.5) is 4.39 Å². The first-order valence-corrected chi connectivity index (χ1v) is 10.9. The molecule has 1 aromatic carbocycles. The quantitative estimate of drug-likeness (QED) is 0.689. The van der Waals surface area contributed by atoms with Gasteiger partial charge in [0.1, 0.15) is 5.82 Å². The van der Waals surface area contributed by atoms with Gasteiger partial charge in [-0.25, -0.2) is 4.39 Å². The maximum absolute atomic E-state index is 13.2. The van der Waals surface area contributed by atoms with E-state index < -0.39 is 0 Å². The van der Waals surface area contributed by atoms with Crippen molar-refractivity contribution in [3.05, 3.63) is 34.6 Å². The molecule has 2 heterocycles. The van der Waals surface area contributed by atoms with E-state index in [1.54, 1.807) is 11.0 Å². The zero-order chi connectivity index (χ0) is 19.9. The van der Waals surface area contributed by atoms with E-state index in [-0.39, 0.29) is 17.6 Å². The van der Waals surface area contributed by atoms with Crippen LogP contribution < -0.4 is 0 Å². The molecular formula is C19H25ClFN3O3S. The predicted molar refractivity (Wildman–Crippen MR) is 108 cm³/mol. The number of halogens is 2. The first-order valence-electron chi connectivity index (χ1n) is 9.40. The summed E-state index contributed by atoms with van der Waals surface area (Å²) in [7, 11) is 0. The van der Waals surface area contributed by atoms with Gasteiger partial charge in [0, 0.05) is 50.8 Å². The second-order valence-corrected chi connectivity index (χ2v) is 8.27. The summed E-state index contributed by atoms with van der Waals surface area (Å²) >= 11 is 7.47. The van der Waals surface area contributed by atoms with Crippen LogP contribution in [0.15, 0.2) is 18.2 Å². The Bertz CT molecular complexity index is 695. The van der Waals surface area contributed by atoms with Crippen LogP contribution in [0.2, 0.25) is 5.02 Å². The fourth-order valence-corrected chi connectivity index (χ4v) is 4.31. The van der Waals surface area contributed by atoms with Crippen molar-refractivity contribution in [3.8, 4) is 0 Å². The van der Waals surface area contributed by atoms with E-state index in [1.165, 1.54) is 23.9 Å². The van der Waals surface area contributed by atoms with Crippen molar-refractivity contribution < 1.29 is 18.7 Å². The molecule has 3 rings (SSSR count). The number of rotatable bonds is 6. The van der Waals surface area contributed by atoms with E-state index in [4.69, 9.17) is 16.3 Å². The number of carbonyl (C=O) groups excluding carboxylic acids is 2. The Balaban J connectivity index is 1.36. The summed E-state index contributed by atoms with van der Waals surface area (Å²) in [6, 6.07) is 4.44. The van der Waals surface area contributed by atoms with Crippen molar-refractivity contribution in [2.24, 2.45) is 0 Å². The van der Waals surface area contributed by atoms with E-state index in [0.717, 1.165) is 18.7 Å². The highest BCUT2D eigenvalue weighted by Crippen LogP contribution is 2.20. The average Bonchev–Trinajstić information content (AvgIpc) is 2.71. The molecule has 6 nitrogen and oxygen atoms in total. The van der Waals surface area contributed by atoms with Crippen molar-refractivity contribution in [2.75, 3.05) is 64.0 Å². The number of piperazine rings is 1. The van der Waals surface area contributed by atoms with Crippen LogP contribution in [0.25, 0.3) is 0 Å². The van der Waals surface area contributed by atoms with Crippen LogP contribution in [0.1, 0.15) is 5.56 Å². The molecule has 2 amide bonds. The summed E-state index contributed by atoms with van der Waals surface area (Å²) in [4.78, 5) is 30.3. The van der Waals surface area contributed by atoms with Crippen molar-refractivity contribution in [1.82, 2.24) is 14.7 Å². The van der Waals surface area contributed by atoms with Crippen molar-refractivity contribution >= 4 is 35.2 Å². The van der Waals surface area contributed by atoms with Crippen LogP contribution in [0, 0.1) is 5.82 Å². The smallest absolute Gasteiger partial charge is 0.232 e. The number of ether oxygens (including phenoxy) is 1. The van der Waals surface area contributed by atoms with Gasteiger partial charge in [-0.2, -0.15) is 0 Å². The van der Waals surface area contributed by atoms with Gasteiger partial charge in [0.2, 0.25) is 11.8 Å². The van der Waals surface area contributed by atoms with Crippen LogP contribution >= 0.6 is 23.4 Å². The minimum absolute atomic E-state index is 0.0687. The van der Waals surface area contributed by atoms with Gasteiger partial charge in [0.25, 0.3) is 0 Å². The monoisotopic (exact) mass is 429 g/mol. The Morgan fingerprint density at radius 3 is 2.21 bits per heavy atom. The lowest BCUT2D eigenvalue weighted by molar-refractivity contribution is -0.132. The Morgan fingerprint density at radius 2 is 1.61 bits per heavy atom. The van der Waals surface area contributed by atoms with E-state index in [2.05, 4.69) is 4.90 Å². The van der Waals surface area contributed by atoms with Gasteiger partial charge >= 0.3 is 0 Å². The van der Waals surface area contributed by atoms with Gasteiger partial charge in [0.15, 0.2) is 0 Å². The number of morpholine rings is 1. The SMILES string of the molecule is O=C(CSCC(=O)N1CCN(Cc2ccc(F)cc2Cl)CC1)N1CCOCC1. The van der Waals surface area contributed by atoms with Gasteiger partial charge in [-0.15, -0.1) is 11.8 Å². The van der Waals surface area contributed by atoms with E-state index >= 15 is 0 Å². The lowest BCUT2D eigenvalue weighted by Gasteiger charge is -2.35. The Kier molecular flexibility index (Phi) is 7.96. The maximum Gasteiger partial charge on any atom is 0.232 e. The van der Waals surface area contributed by atoms with Crippen LogP contribution in [-0.2, 0) is 20.9 Å². The molecule has 2 fully saturated rings. The highest BCUT2D eigenvalue weighted by atomic mass is 35.5. The fraction of sp³-hybridized carbons (Fsp3) is 0.579. The third kappa shape index (κ3) is 6.07. The first kappa shape index (κ1) is 21.4. The third-order valence-electron chi connectivity index (χ3n) is 4.95. The van der Waals surface area contributed by atoms with Gasteiger partial charge in [-0.3, -0.25) is 14.5 Å². The Morgan fingerprint density at radius 1 is 1.00 bits per heavy atom. The molecule has 0 saturated carbocycles. The van der Waals surface area contributed by atoms with Crippen molar-refractivity contribution in [1.29, 1.82) is 0 Å². The van der Waals surface area contributed by atoms with E-state index in [0.29, 0.717) is 62.5 Å². The number of thioether (sulfide) groups is 1. The lowest BCUT2D eigenvalue weighted by Crippen LogP contribution is -2.49. The second kappa shape index (κ2) is 10.4. The standard InChI is InChI=1S/C19H25ClFN3O3S/c20-17-11-16(21)2-1-15(17)12-22-3-5-23(6-4-22)18(25)13-28-14-19(26)24-7-9-27-10-8-24/h1-2,11H,3-10,12-14H2. The number of amides is 2. The van der Waals surface area contributed by atoms with Crippen LogP contribution in [-0.4, -0.2) is 90.5 Å². The molecule has 2 aliphatic rings. The minimum Gasteiger partial charge on any atom is -0.378 e. The molecule has 2 aliphatic heterocycles. The molecule has 0 bridgehead atoms. The molecule has 0 unspecified atom stereocenters. The third-order valence-corrected chi connectivity index (χ3v) is 6.20. The van der Waals surface area contributed by atoms with Gasteiger partial charge in [0.05, 0.1) is 24.7 Å². The first-order chi connectivity index (χ1) is 13.5. The molecule has 0 atom stereocenters. The van der Waals surface area contributed by atoms with Gasteiger partial charge in [-0.1, -0.05) is 17.7 Å². The molecule has 1 aromatic rings. The largest absolute Gasteiger partial charge is 0.378 e. The highest BCUT2D eigenvalue weighted by molar-refractivity contribution is 8.00. The molecule has 9 heteroatoms. The van der Waals surface area contributed by atoms with Crippen LogP contribution in [0.3, 0.4) is 0 Å². The summed E-state index contributed by atoms with van der Waals surface area (Å²) in [5.41, 5.74) is 0.889. The molecular weight excluding hydrogens is 405 g/mol. The predicted octanol–water partition coefficient (Wildman–Crippen LogP) is 1.72. The number of hydrogen-bond acceptors (Lipinski definition) is 5. The van der Waals surface area contributed by atoms with Crippen molar-refractivity contribution in [2.45, 2.75) is 6.54 Å². The van der Waals surface area contributed by atoms with E-state index in [9.17, 15) is 14.0 Å². The molecule has 2 saturated heterocycles. The normalized spacial score (nSPS) is 18.4. The highest BCUT2D eigenvalue weighted by Gasteiger charge is 2.22. The summed E-state index contributed by atoms with van der Waals surface area (Å²) < 4.78 is 18.4. The summed E-state index contributed by atoms with van der Waals surface area (Å²) in [6.07, 6.45) is 0. The van der Waals surface area contributed by atoms with E-state index in [1.807, 2.05) is 4.90 Å². The van der Waals surface area contributed by atoms with Crippen molar-refractivity contribution in [3.63, 3.8) is 0 Å². The maximum atomic E-state index is 13.2. The number of nitrogens with zero attached hydrogens (tertiary/aromatic N) is 3. The molecule has 0 N–H and O–H groups in total. The topological polar surface area (TPSA) is 53.1 Å². The van der Waals surface area contributed by atoms with Gasteiger partial charge < -0.3 is 14.5 Å². The zero-order valence-corrected chi connectivity index (χ0v) is 17.3. The Labute approximate surface area is 173 Å². The summed E-state index contributed by atoms with van der Waals surface area (Å²) in [6.45, 7) is 5.87. The number of benzene rings is 1. The fourth-order valence-electron chi connectivity index (χ4n) is 3.27. The minimum atomic E-state index is -0.339. The average molecular weight is 430 g/mol. The Hall–Kier alpha value is -1.35. The number of hydrogen-bond donors (Lipinski definition) is 0. The molecule has 154 valence electrons.